The summed E-state index contributed by atoms with van der Waals surface area (Å²) in [6, 6.07) is 0. The molecule has 0 aliphatic carbocycles. The molecule has 0 heterocycles. The van der Waals surface area contributed by atoms with Crippen molar-refractivity contribution in [2.75, 3.05) is 13.2 Å². The second-order valence-corrected chi connectivity index (χ2v) is 20.3. The third-order valence-corrected chi connectivity index (χ3v) is 13.5. The molecule has 0 saturated heterocycles. The molecule has 0 aromatic rings. The van der Waals surface area contributed by atoms with Crippen molar-refractivity contribution in [3.63, 3.8) is 0 Å². The molecule has 1 atom stereocenters. The van der Waals surface area contributed by atoms with Gasteiger partial charge in [0, 0.05) is 19.3 Å². The van der Waals surface area contributed by atoms with Crippen LogP contribution >= 0.6 is 0 Å². The smallest absolute Gasteiger partial charge is 0.306 e. The topological polar surface area (TPSA) is 78.9 Å². The van der Waals surface area contributed by atoms with E-state index in [4.69, 9.17) is 14.2 Å². The zero-order chi connectivity index (χ0) is 47.9. The van der Waals surface area contributed by atoms with Gasteiger partial charge in [-0.3, -0.25) is 14.4 Å². The Hall–Kier alpha value is -1.85. The Morgan fingerprint density at radius 2 is 0.500 bits per heavy atom. The molecule has 0 fully saturated rings. The Labute approximate surface area is 411 Å². The maximum Gasteiger partial charge on any atom is 0.306 e. The van der Waals surface area contributed by atoms with Crippen molar-refractivity contribution in [1.29, 1.82) is 0 Å². The van der Waals surface area contributed by atoms with Crippen LogP contribution in [-0.4, -0.2) is 37.2 Å². The molecule has 0 radical (unpaired) electrons. The van der Waals surface area contributed by atoms with Gasteiger partial charge in [-0.2, -0.15) is 0 Å². The predicted octanol–water partition coefficient (Wildman–Crippen LogP) is 19.7. The minimum atomic E-state index is -0.767. The minimum Gasteiger partial charge on any atom is -0.462 e. The van der Waals surface area contributed by atoms with Crippen LogP contribution in [0.25, 0.3) is 0 Å². The average molecular weight is 932 g/mol. The second kappa shape index (κ2) is 55.7. The first-order valence-electron chi connectivity index (χ1n) is 29.7. The molecule has 0 aliphatic rings. The van der Waals surface area contributed by atoms with E-state index < -0.39 is 6.10 Å². The van der Waals surface area contributed by atoms with Gasteiger partial charge < -0.3 is 14.2 Å². The van der Waals surface area contributed by atoms with E-state index in [2.05, 4.69) is 32.9 Å². The van der Waals surface area contributed by atoms with E-state index >= 15 is 0 Å². The lowest BCUT2D eigenvalue weighted by Gasteiger charge is -2.18. The average Bonchev–Trinajstić information content (AvgIpc) is 3.31. The largest absolute Gasteiger partial charge is 0.462 e. The lowest BCUT2D eigenvalue weighted by Crippen LogP contribution is -2.30. The van der Waals surface area contributed by atoms with E-state index in [1.807, 2.05) is 0 Å². The number of rotatable bonds is 55. The van der Waals surface area contributed by atoms with Gasteiger partial charge in [0.25, 0.3) is 0 Å². The molecule has 0 aromatic heterocycles. The highest BCUT2D eigenvalue weighted by Gasteiger charge is 2.19. The van der Waals surface area contributed by atoms with E-state index in [9.17, 15) is 14.4 Å². The summed E-state index contributed by atoms with van der Waals surface area (Å²) in [6.07, 6.45) is 63.5. The van der Waals surface area contributed by atoms with Gasteiger partial charge in [-0.05, 0) is 44.9 Å². The quantitative estimate of drug-likeness (QED) is 0.0262. The number of carbonyl (C=O) groups is 3. The zero-order valence-corrected chi connectivity index (χ0v) is 44.7. The molecule has 6 nitrogen and oxygen atoms in total. The normalized spacial score (nSPS) is 12.0. The van der Waals surface area contributed by atoms with Gasteiger partial charge >= 0.3 is 17.9 Å². The molecule has 66 heavy (non-hydrogen) atoms. The van der Waals surface area contributed by atoms with Crippen molar-refractivity contribution in [3.8, 4) is 0 Å². The summed E-state index contributed by atoms with van der Waals surface area (Å²) >= 11 is 0. The standard InChI is InChI=1S/C60H114O6/c1-4-7-10-13-16-19-22-25-27-29-31-33-35-38-41-44-47-50-53-59(62)65-56-57(55-64-58(61)52-49-46-43-40-37-24-21-18-15-12-9-6-3)66-60(63)54-51-48-45-42-39-36-34-32-30-28-26-23-20-17-14-11-8-5-2/h31,33,57H,4-30,32,34-56H2,1-3H3/b33-31-. The fourth-order valence-corrected chi connectivity index (χ4v) is 9.03. The highest BCUT2D eigenvalue weighted by molar-refractivity contribution is 5.71. The molecule has 0 N–H and O–H groups in total. The summed E-state index contributed by atoms with van der Waals surface area (Å²) in [4.78, 5) is 38.1. The third kappa shape index (κ3) is 53.1. The number of unbranched alkanes of at least 4 members (excludes halogenated alkanes) is 42. The summed E-state index contributed by atoms with van der Waals surface area (Å²) in [5.74, 6) is -0.850. The predicted molar refractivity (Wildman–Crippen MR) is 284 cm³/mol. The Morgan fingerprint density at radius 1 is 0.288 bits per heavy atom. The van der Waals surface area contributed by atoms with Crippen LogP contribution in [0.2, 0.25) is 0 Å². The van der Waals surface area contributed by atoms with E-state index in [0.29, 0.717) is 19.3 Å². The van der Waals surface area contributed by atoms with Crippen LogP contribution in [0.1, 0.15) is 335 Å². The first-order valence-corrected chi connectivity index (χ1v) is 29.7. The third-order valence-electron chi connectivity index (χ3n) is 13.5. The van der Waals surface area contributed by atoms with Crippen molar-refractivity contribution < 1.29 is 28.6 Å². The number of ether oxygens (including phenoxy) is 3. The fourth-order valence-electron chi connectivity index (χ4n) is 9.03. The zero-order valence-electron chi connectivity index (χ0n) is 44.7. The Bertz CT molecular complexity index is 1020. The van der Waals surface area contributed by atoms with Gasteiger partial charge in [-0.1, -0.05) is 283 Å². The maximum absolute atomic E-state index is 12.9. The van der Waals surface area contributed by atoms with Gasteiger partial charge in [0.15, 0.2) is 6.10 Å². The molecule has 0 rings (SSSR count). The lowest BCUT2D eigenvalue weighted by molar-refractivity contribution is -0.167. The Kier molecular flexibility index (Phi) is 54.2. The molecule has 0 spiro atoms. The number of allylic oxidation sites excluding steroid dienone is 2. The van der Waals surface area contributed by atoms with Crippen LogP contribution in [0.15, 0.2) is 12.2 Å². The van der Waals surface area contributed by atoms with Gasteiger partial charge in [0.2, 0.25) is 0 Å². The van der Waals surface area contributed by atoms with Gasteiger partial charge in [0.1, 0.15) is 13.2 Å². The van der Waals surface area contributed by atoms with Crippen molar-refractivity contribution in [3.05, 3.63) is 12.2 Å². The highest BCUT2D eigenvalue weighted by atomic mass is 16.6. The van der Waals surface area contributed by atoms with Crippen molar-refractivity contribution in [2.45, 2.75) is 341 Å². The van der Waals surface area contributed by atoms with E-state index in [-0.39, 0.29) is 31.1 Å². The van der Waals surface area contributed by atoms with Crippen LogP contribution in [0.3, 0.4) is 0 Å². The number of hydrogen-bond acceptors (Lipinski definition) is 6. The molecular formula is C60H114O6. The van der Waals surface area contributed by atoms with Gasteiger partial charge in [0.05, 0.1) is 0 Å². The lowest BCUT2D eigenvalue weighted by atomic mass is 10.0. The SMILES string of the molecule is CCCCCCCCCCC/C=C\CCCCCCCC(=O)OCC(COC(=O)CCCCCCCCCCCCCC)OC(=O)CCCCCCCCCCCCCCCCCCCC. The van der Waals surface area contributed by atoms with Crippen LogP contribution in [0.4, 0.5) is 0 Å². The summed E-state index contributed by atoms with van der Waals surface area (Å²) in [5.41, 5.74) is 0. The molecule has 0 amide bonds. The minimum absolute atomic E-state index is 0.0666. The van der Waals surface area contributed by atoms with Crippen molar-refractivity contribution >= 4 is 17.9 Å². The molecular weight excluding hydrogens is 817 g/mol. The number of carbonyl (C=O) groups excluding carboxylic acids is 3. The Morgan fingerprint density at radius 3 is 0.758 bits per heavy atom. The maximum atomic E-state index is 12.9. The number of hydrogen-bond donors (Lipinski definition) is 0. The van der Waals surface area contributed by atoms with E-state index in [1.54, 1.807) is 0 Å². The molecule has 1 unspecified atom stereocenters. The van der Waals surface area contributed by atoms with Crippen molar-refractivity contribution in [2.24, 2.45) is 0 Å². The van der Waals surface area contributed by atoms with Gasteiger partial charge in [-0.25, -0.2) is 0 Å². The molecule has 0 saturated carbocycles. The first-order chi connectivity index (χ1) is 32.5. The Balaban J connectivity index is 4.29. The monoisotopic (exact) mass is 931 g/mol. The molecule has 0 aromatic carbocycles. The van der Waals surface area contributed by atoms with Crippen molar-refractivity contribution in [1.82, 2.24) is 0 Å². The summed E-state index contributed by atoms with van der Waals surface area (Å²) < 4.78 is 16.9. The van der Waals surface area contributed by atoms with Crippen LogP contribution in [-0.2, 0) is 28.6 Å². The summed E-state index contributed by atoms with van der Waals surface area (Å²) in [6.45, 7) is 6.69. The van der Waals surface area contributed by atoms with Gasteiger partial charge in [-0.15, -0.1) is 0 Å². The number of esters is 3. The first kappa shape index (κ1) is 64.2. The van der Waals surface area contributed by atoms with Crippen LogP contribution in [0.5, 0.6) is 0 Å². The highest BCUT2D eigenvalue weighted by Crippen LogP contribution is 2.17. The second-order valence-electron chi connectivity index (χ2n) is 20.3. The molecule has 390 valence electrons. The summed E-state index contributed by atoms with van der Waals surface area (Å²) in [7, 11) is 0. The van der Waals surface area contributed by atoms with E-state index in [0.717, 1.165) is 64.2 Å². The molecule has 6 heteroatoms. The fraction of sp³-hybridized carbons (Fsp3) is 0.917. The summed E-state index contributed by atoms with van der Waals surface area (Å²) in [5, 5.41) is 0. The van der Waals surface area contributed by atoms with Crippen LogP contribution < -0.4 is 0 Å². The van der Waals surface area contributed by atoms with E-state index in [1.165, 1.54) is 231 Å². The van der Waals surface area contributed by atoms with Crippen LogP contribution in [0, 0.1) is 0 Å². The molecule has 0 aliphatic heterocycles. The molecule has 0 bridgehead atoms.